The molecule has 3 N–H and O–H groups in total. The third-order valence-corrected chi connectivity index (χ3v) is 4.46. The van der Waals surface area contributed by atoms with Crippen LogP contribution in [-0.2, 0) is 4.79 Å². The molecule has 1 fully saturated rings. The van der Waals surface area contributed by atoms with Crippen molar-refractivity contribution in [2.75, 3.05) is 26.7 Å². The maximum absolute atomic E-state index is 12.0. The molecule has 0 aliphatic carbocycles. The van der Waals surface area contributed by atoms with Crippen LogP contribution in [0.25, 0.3) is 0 Å². The summed E-state index contributed by atoms with van der Waals surface area (Å²) in [7, 11) is 1.92. The molecule has 0 saturated carbocycles. The summed E-state index contributed by atoms with van der Waals surface area (Å²) in [4.78, 5) is 26.4. The normalized spacial score (nSPS) is 19.2. The molecular formula is C14H22N4O2S. The van der Waals surface area contributed by atoms with Crippen LogP contribution in [-0.4, -0.2) is 49.4 Å². The number of nitrogens with one attached hydrogen (secondary N) is 3. The Morgan fingerprint density at radius 2 is 2.24 bits per heavy atom. The SMILES string of the molecule is CNCC1CCCCN1CC(=O)NNC(=O)c1cccs1. The lowest BCUT2D eigenvalue weighted by molar-refractivity contribution is -0.123. The first-order valence-electron chi connectivity index (χ1n) is 7.22. The van der Waals surface area contributed by atoms with Crippen LogP contribution in [0, 0.1) is 0 Å². The zero-order chi connectivity index (χ0) is 15.1. The molecule has 1 saturated heterocycles. The van der Waals surface area contributed by atoms with Crippen LogP contribution >= 0.6 is 11.3 Å². The molecule has 1 atom stereocenters. The number of hydrazine groups is 1. The molecule has 2 rings (SSSR count). The van der Waals surface area contributed by atoms with E-state index < -0.39 is 0 Å². The summed E-state index contributed by atoms with van der Waals surface area (Å²) in [6.07, 6.45) is 3.43. The van der Waals surface area contributed by atoms with Crippen molar-refractivity contribution in [3.63, 3.8) is 0 Å². The fourth-order valence-corrected chi connectivity index (χ4v) is 3.17. The van der Waals surface area contributed by atoms with E-state index in [0.717, 1.165) is 25.9 Å². The molecule has 2 heterocycles. The Morgan fingerprint density at radius 1 is 1.38 bits per heavy atom. The Bertz CT molecular complexity index is 462. The Labute approximate surface area is 128 Å². The fourth-order valence-electron chi connectivity index (χ4n) is 2.55. The average molecular weight is 310 g/mol. The van der Waals surface area contributed by atoms with Crippen molar-refractivity contribution in [1.29, 1.82) is 0 Å². The highest BCUT2D eigenvalue weighted by Crippen LogP contribution is 2.15. The zero-order valence-corrected chi connectivity index (χ0v) is 13.0. The van der Waals surface area contributed by atoms with Crippen LogP contribution < -0.4 is 16.2 Å². The number of hydrogen-bond acceptors (Lipinski definition) is 5. The molecule has 116 valence electrons. The standard InChI is InChI=1S/C14H22N4O2S/c1-15-9-11-5-2-3-7-18(11)10-13(19)16-17-14(20)12-6-4-8-21-12/h4,6,8,11,15H,2-3,5,7,9-10H2,1H3,(H,16,19)(H,17,20). The van der Waals surface area contributed by atoms with E-state index in [1.165, 1.54) is 17.8 Å². The third kappa shape index (κ3) is 4.80. The summed E-state index contributed by atoms with van der Waals surface area (Å²) in [6.45, 7) is 2.13. The van der Waals surface area contributed by atoms with E-state index in [1.807, 2.05) is 12.4 Å². The van der Waals surface area contributed by atoms with Gasteiger partial charge >= 0.3 is 0 Å². The summed E-state index contributed by atoms with van der Waals surface area (Å²) in [5.41, 5.74) is 4.94. The monoisotopic (exact) mass is 310 g/mol. The highest BCUT2D eigenvalue weighted by atomic mass is 32.1. The van der Waals surface area contributed by atoms with Crippen molar-refractivity contribution in [2.45, 2.75) is 25.3 Å². The second-order valence-electron chi connectivity index (χ2n) is 5.16. The third-order valence-electron chi connectivity index (χ3n) is 3.60. The minimum atomic E-state index is -0.274. The summed E-state index contributed by atoms with van der Waals surface area (Å²) in [5, 5.41) is 4.99. The quantitative estimate of drug-likeness (QED) is 0.696. The molecule has 6 nitrogen and oxygen atoms in total. The summed E-state index contributed by atoms with van der Waals surface area (Å²) >= 11 is 1.34. The van der Waals surface area contributed by atoms with Crippen molar-refractivity contribution < 1.29 is 9.59 Å². The highest BCUT2D eigenvalue weighted by Gasteiger charge is 2.23. The summed E-state index contributed by atoms with van der Waals surface area (Å²) in [5.74, 6) is -0.452. The predicted molar refractivity (Wildman–Crippen MR) is 83.1 cm³/mol. The van der Waals surface area contributed by atoms with Gasteiger partial charge in [0.05, 0.1) is 11.4 Å². The number of hydrogen-bond donors (Lipinski definition) is 3. The van der Waals surface area contributed by atoms with Gasteiger partial charge in [-0.15, -0.1) is 11.3 Å². The maximum atomic E-state index is 12.0. The van der Waals surface area contributed by atoms with Gasteiger partial charge in [0, 0.05) is 12.6 Å². The first-order valence-corrected chi connectivity index (χ1v) is 8.10. The summed E-state index contributed by atoms with van der Waals surface area (Å²) in [6, 6.07) is 3.92. The van der Waals surface area contributed by atoms with Gasteiger partial charge in [0.2, 0.25) is 0 Å². The largest absolute Gasteiger partial charge is 0.318 e. The van der Waals surface area contributed by atoms with E-state index in [0.29, 0.717) is 17.5 Å². The Balaban J connectivity index is 1.76. The van der Waals surface area contributed by atoms with Gasteiger partial charge < -0.3 is 5.32 Å². The number of thiophene rings is 1. The van der Waals surface area contributed by atoms with E-state index >= 15 is 0 Å². The lowest BCUT2D eigenvalue weighted by Gasteiger charge is -2.35. The number of amides is 2. The molecular weight excluding hydrogens is 288 g/mol. The molecule has 1 aromatic heterocycles. The molecule has 1 aromatic rings. The van der Waals surface area contributed by atoms with Gasteiger partial charge in [0.25, 0.3) is 11.8 Å². The van der Waals surface area contributed by atoms with Gasteiger partial charge in [-0.05, 0) is 37.9 Å². The second kappa shape index (κ2) is 8.11. The zero-order valence-electron chi connectivity index (χ0n) is 12.2. The Morgan fingerprint density at radius 3 is 2.95 bits per heavy atom. The van der Waals surface area contributed by atoms with Crippen LogP contribution in [0.1, 0.15) is 28.9 Å². The molecule has 7 heteroatoms. The molecule has 21 heavy (non-hydrogen) atoms. The maximum Gasteiger partial charge on any atom is 0.279 e. The lowest BCUT2D eigenvalue weighted by Crippen LogP contribution is -2.51. The Kier molecular flexibility index (Phi) is 6.16. The van der Waals surface area contributed by atoms with Crippen LogP contribution in [0.2, 0.25) is 0 Å². The highest BCUT2D eigenvalue weighted by molar-refractivity contribution is 7.12. The molecule has 1 aliphatic rings. The number of carbonyl (C=O) groups excluding carboxylic acids is 2. The fraction of sp³-hybridized carbons (Fsp3) is 0.571. The first kappa shape index (κ1) is 15.9. The van der Waals surface area contributed by atoms with Gasteiger partial charge in [-0.25, -0.2) is 0 Å². The number of likely N-dealkylation sites (tertiary alicyclic amines) is 1. The predicted octanol–water partition coefficient (Wildman–Crippen LogP) is 0.583. The van der Waals surface area contributed by atoms with E-state index in [9.17, 15) is 9.59 Å². The topological polar surface area (TPSA) is 73.5 Å². The van der Waals surface area contributed by atoms with Crippen molar-refractivity contribution in [3.05, 3.63) is 22.4 Å². The van der Waals surface area contributed by atoms with Crippen LogP contribution in [0.3, 0.4) is 0 Å². The molecule has 0 bridgehead atoms. The van der Waals surface area contributed by atoms with Gasteiger partial charge in [-0.3, -0.25) is 25.3 Å². The van der Waals surface area contributed by atoms with Crippen molar-refractivity contribution >= 4 is 23.2 Å². The smallest absolute Gasteiger partial charge is 0.279 e. The molecule has 1 aliphatic heterocycles. The van der Waals surface area contributed by atoms with Crippen molar-refractivity contribution in [1.82, 2.24) is 21.1 Å². The number of likely N-dealkylation sites (N-methyl/N-ethyl adjacent to an activating group) is 1. The van der Waals surface area contributed by atoms with E-state index in [-0.39, 0.29) is 11.8 Å². The van der Waals surface area contributed by atoms with Crippen LogP contribution in [0.4, 0.5) is 0 Å². The number of piperidine rings is 1. The van der Waals surface area contributed by atoms with E-state index in [1.54, 1.807) is 12.1 Å². The van der Waals surface area contributed by atoms with E-state index in [2.05, 4.69) is 21.1 Å². The average Bonchev–Trinajstić information content (AvgIpc) is 3.01. The molecule has 0 aromatic carbocycles. The van der Waals surface area contributed by atoms with Crippen LogP contribution in [0.5, 0.6) is 0 Å². The number of nitrogens with zero attached hydrogens (tertiary/aromatic N) is 1. The van der Waals surface area contributed by atoms with Gasteiger partial charge in [-0.2, -0.15) is 0 Å². The number of rotatable bonds is 5. The first-order chi connectivity index (χ1) is 10.2. The van der Waals surface area contributed by atoms with Gasteiger partial charge in [0.1, 0.15) is 0 Å². The molecule has 0 radical (unpaired) electrons. The van der Waals surface area contributed by atoms with Crippen molar-refractivity contribution in [3.8, 4) is 0 Å². The van der Waals surface area contributed by atoms with Gasteiger partial charge in [0.15, 0.2) is 0 Å². The Hall–Kier alpha value is -1.44. The minimum absolute atomic E-state index is 0.178. The summed E-state index contributed by atoms with van der Waals surface area (Å²) < 4.78 is 0. The second-order valence-corrected chi connectivity index (χ2v) is 6.11. The number of carbonyl (C=O) groups is 2. The minimum Gasteiger partial charge on any atom is -0.318 e. The molecule has 0 spiro atoms. The van der Waals surface area contributed by atoms with Crippen LogP contribution in [0.15, 0.2) is 17.5 Å². The molecule has 2 amide bonds. The van der Waals surface area contributed by atoms with Crippen molar-refractivity contribution in [2.24, 2.45) is 0 Å². The lowest BCUT2D eigenvalue weighted by atomic mass is 10.0. The molecule has 1 unspecified atom stereocenters. The van der Waals surface area contributed by atoms with Gasteiger partial charge in [-0.1, -0.05) is 12.5 Å². The van der Waals surface area contributed by atoms with E-state index in [4.69, 9.17) is 0 Å².